The molecular weight excluding hydrogens is 363 g/mol. The normalized spacial score (nSPS) is 11.5. The molecule has 0 saturated heterocycles. The minimum absolute atomic E-state index is 0.309. The Morgan fingerprint density at radius 2 is 1.82 bits per heavy atom. The van der Waals surface area contributed by atoms with Gasteiger partial charge in [0.1, 0.15) is 11.6 Å². The SMILES string of the molecule is CC(Oc1ccc(F)cc1)C(=O)NNC(=O)c1cnn(Cc2ccccc2)c1. The molecule has 1 atom stereocenters. The van der Waals surface area contributed by atoms with Crippen molar-refractivity contribution in [1.29, 1.82) is 0 Å². The van der Waals surface area contributed by atoms with Crippen LogP contribution in [0.2, 0.25) is 0 Å². The molecule has 144 valence electrons. The van der Waals surface area contributed by atoms with Crippen LogP contribution in [0.15, 0.2) is 67.0 Å². The van der Waals surface area contributed by atoms with Gasteiger partial charge in [-0.2, -0.15) is 5.10 Å². The summed E-state index contributed by atoms with van der Waals surface area (Å²) in [5.74, 6) is -1.10. The number of nitrogens with zero attached hydrogens (tertiary/aromatic N) is 2. The molecule has 8 heteroatoms. The van der Waals surface area contributed by atoms with Gasteiger partial charge in [-0.3, -0.25) is 25.1 Å². The molecule has 2 N–H and O–H groups in total. The maximum absolute atomic E-state index is 12.9. The van der Waals surface area contributed by atoms with E-state index in [4.69, 9.17) is 4.74 Å². The first kappa shape index (κ1) is 19.1. The molecule has 0 aliphatic heterocycles. The van der Waals surface area contributed by atoms with E-state index >= 15 is 0 Å². The molecule has 0 radical (unpaired) electrons. The van der Waals surface area contributed by atoms with Gasteiger partial charge < -0.3 is 4.74 Å². The van der Waals surface area contributed by atoms with Crippen LogP contribution >= 0.6 is 0 Å². The number of hydrogen-bond donors (Lipinski definition) is 2. The monoisotopic (exact) mass is 382 g/mol. The van der Waals surface area contributed by atoms with E-state index in [0.29, 0.717) is 17.9 Å². The van der Waals surface area contributed by atoms with Crippen molar-refractivity contribution in [2.45, 2.75) is 19.6 Å². The number of carbonyl (C=O) groups excluding carboxylic acids is 2. The summed E-state index contributed by atoms with van der Waals surface area (Å²) in [5, 5.41) is 4.15. The van der Waals surface area contributed by atoms with Crippen LogP contribution in [0.4, 0.5) is 4.39 Å². The molecule has 1 heterocycles. The Morgan fingerprint density at radius 3 is 2.54 bits per heavy atom. The van der Waals surface area contributed by atoms with Crippen LogP contribution < -0.4 is 15.6 Å². The fraction of sp³-hybridized carbons (Fsp3) is 0.150. The molecule has 0 spiro atoms. The van der Waals surface area contributed by atoms with Crippen molar-refractivity contribution in [3.05, 3.63) is 83.9 Å². The Kier molecular flexibility index (Phi) is 6.01. The largest absolute Gasteiger partial charge is 0.481 e. The first-order chi connectivity index (χ1) is 13.5. The number of carbonyl (C=O) groups is 2. The van der Waals surface area contributed by atoms with E-state index in [2.05, 4.69) is 16.0 Å². The minimum atomic E-state index is -0.883. The Morgan fingerprint density at radius 1 is 1.11 bits per heavy atom. The third kappa shape index (κ3) is 5.16. The second-order valence-electron chi connectivity index (χ2n) is 6.07. The van der Waals surface area contributed by atoms with Gasteiger partial charge in [-0.25, -0.2) is 4.39 Å². The van der Waals surface area contributed by atoms with Crippen LogP contribution in [0.3, 0.4) is 0 Å². The smallest absolute Gasteiger partial charge is 0.279 e. The standard InChI is InChI=1S/C20H19FN4O3/c1-14(28-18-9-7-17(21)8-10-18)19(26)23-24-20(27)16-11-22-25(13-16)12-15-5-3-2-4-6-15/h2-11,13-14H,12H2,1H3,(H,23,26)(H,24,27). The van der Waals surface area contributed by atoms with E-state index in [-0.39, 0.29) is 0 Å². The zero-order valence-electron chi connectivity index (χ0n) is 15.1. The second-order valence-corrected chi connectivity index (χ2v) is 6.07. The van der Waals surface area contributed by atoms with Crippen molar-refractivity contribution in [3.63, 3.8) is 0 Å². The summed E-state index contributed by atoms with van der Waals surface area (Å²) in [4.78, 5) is 24.2. The number of halogens is 1. The van der Waals surface area contributed by atoms with E-state index in [0.717, 1.165) is 5.56 Å². The van der Waals surface area contributed by atoms with Gasteiger partial charge in [-0.1, -0.05) is 30.3 Å². The van der Waals surface area contributed by atoms with E-state index in [1.807, 2.05) is 30.3 Å². The Bertz CT molecular complexity index is 942. The van der Waals surface area contributed by atoms with Crippen molar-refractivity contribution in [3.8, 4) is 5.75 Å². The van der Waals surface area contributed by atoms with Crippen molar-refractivity contribution >= 4 is 11.8 Å². The molecule has 3 rings (SSSR count). The van der Waals surface area contributed by atoms with Crippen LogP contribution in [-0.2, 0) is 11.3 Å². The highest BCUT2D eigenvalue weighted by molar-refractivity contribution is 5.95. The highest BCUT2D eigenvalue weighted by Crippen LogP contribution is 2.13. The molecule has 3 aromatic rings. The molecule has 2 amide bonds. The molecule has 1 unspecified atom stereocenters. The molecule has 0 aliphatic rings. The number of amides is 2. The number of ether oxygens (including phenoxy) is 1. The van der Waals surface area contributed by atoms with Crippen LogP contribution in [0.5, 0.6) is 5.75 Å². The van der Waals surface area contributed by atoms with E-state index in [1.165, 1.54) is 37.4 Å². The predicted octanol–water partition coefficient (Wildman–Crippen LogP) is 2.30. The topological polar surface area (TPSA) is 85.2 Å². The quantitative estimate of drug-likeness (QED) is 0.641. The van der Waals surface area contributed by atoms with Gasteiger partial charge in [-0.15, -0.1) is 0 Å². The van der Waals surface area contributed by atoms with Gasteiger partial charge >= 0.3 is 0 Å². The lowest BCUT2D eigenvalue weighted by Gasteiger charge is -2.14. The average molecular weight is 382 g/mol. The Hall–Kier alpha value is -3.68. The average Bonchev–Trinajstić information content (AvgIpc) is 3.17. The number of rotatable bonds is 6. The van der Waals surface area contributed by atoms with Gasteiger partial charge in [-0.05, 0) is 36.8 Å². The van der Waals surface area contributed by atoms with Crippen LogP contribution in [0.1, 0.15) is 22.8 Å². The summed E-state index contributed by atoms with van der Waals surface area (Å²) in [6, 6.07) is 15.0. The van der Waals surface area contributed by atoms with Crippen LogP contribution in [-0.4, -0.2) is 27.7 Å². The van der Waals surface area contributed by atoms with E-state index in [1.54, 1.807) is 10.9 Å². The number of benzene rings is 2. The summed E-state index contributed by atoms with van der Waals surface area (Å²) >= 11 is 0. The molecule has 2 aromatic carbocycles. The highest BCUT2D eigenvalue weighted by Gasteiger charge is 2.16. The fourth-order valence-corrected chi connectivity index (χ4v) is 2.40. The summed E-state index contributed by atoms with van der Waals surface area (Å²) in [6.07, 6.45) is 2.13. The minimum Gasteiger partial charge on any atom is -0.481 e. The lowest BCUT2D eigenvalue weighted by molar-refractivity contribution is -0.128. The highest BCUT2D eigenvalue weighted by atomic mass is 19.1. The van der Waals surface area contributed by atoms with E-state index < -0.39 is 23.7 Å². The maximum atomic E-state index is 12.9. The van der Waals surface area contributed by atoms with Gasteiger partial charge in [0.25, 0.3) is 11.8 Å². The molecule has 0 fully saturated rings. The third-order valence-electron chi connectivity index (χ3n) is 3.88. The maximum Gasteiger partial charge on any atom is 0.279 e. The number of aromatic nitrogens is 2. The summed E-state index contributed by atoms with van der Waals surface area (Å²) < 4.78 is 19.9. The molecule has 1 aromatic heterocycles. The van der Waals surface area contributed by atoms with Gasteiger partial charge in [0.2, 0.25) is 0 Å². The second kappa shape index (κ2) is 8.81. The lowest BCUT2D eigenvalue weighted by Crippen LogP contribution is -2.47. The molecule has 0 bridgehead atoms. The van der Waals surface area contributed by atoms with Crippen molar-refractivity contribution in [2.24, 2.45) is 0 Å². The molecule has 7 nitrogen and oxygen atoms in total. The first-order valence-corrected chi connectivity index (χ1v) is 8.60. The van der Waals surface area contributed by atoms with Gasteiger partial charge in [0, 0.05) is 6.20 Å². The Labute approximate surface area is 161 Å². The van der Waals surface area contributed by atoms with Crippen molar-refractivity contribution < 1.29 is 18.7 Å². The number of nitrogens with one attached hydrogen (secondary N) is 2. The van der Waals surface area contributed by atoms with Gasteiger partial charge in [0.15, 0.2) is 6.10 Å². The molecule has 0 saturated carbocycles. The predicted molar refractivity (Wildman–Crippen MR) is 99.9 cm³/mol. The first-order valence-electron chi connectivity index (χ1n) is 8.60. The summed E-state index contributed by atoms with van der Waals surface area (Å²) in [7, 11) is 0. The zero-order valence-corrected chi connectivity index (χ0v) is 15.1. The van der Waals surface area contributed by atoms with Gasteiger partial charge in [0.05, 0.1) is 18.3 Å². The van der Waals surface area contributed by atoms with Crippen molar-refractivity contribution in [2.75, 3.05) is 0 Å². The van der Waals surface area contributed by atoms with Crippen molar-refractivity contribution in [1.82, 2.24) is 20.6 Å². The molecular formula is C20H19FN4O3. The fourth-order valence-electron chi connectivity index (χ4n) is 2.40. The lowest BCUT2D eigenvalue weighted by atomic mass is 10.2. The van der Waals surface area contributed by atoms with Crippen LogP contribution in [0.25, 0.3) is 0 Å². The van der Waals surface area contributed by atoms with Crippen LogP contribution in [0, 0.1) is 5.82 Å². The number of hydrogen-bond acceptors (Lipinski definition) is 4. The molecule has 28 heavy (non-hydrogen) atoms. The summed E-state index contributed by atoms with van der Waals surface area (Å²) in [5.41, 5.74) is 5.98. The molecule has 0 aliphatic carbocycles. The Balaban J connectivity index is 1.49. The zero-order chi connectivity index (χ0) is 19.9. The summed E-state index contributed by atoms with van der Waals surface area (Å²) in [6.45, 7) is 2.05. The van der Waals surface area contributed by atoms with E-state index in [9.17, 15) is 14.0 Å². The number of hydrazine groups is 1. The third-order valence-corrected chi connectivity index (χ3v) is 3.88.